The first-order chi connectivity index (χ1) is 14.2. The van der Waals surface area contributed by atoms with Crippen molar-refractivity contribution in [3.05, 3.63) is 41.0 Å². The molecule has 0 radical (unpaired) electrons. The van der Waals surface area contributed by atoms with Gasteiger partial charge in [-0.2, -0.15) is 8.42 Å². The zero-order chi connectivity index (χ0) is 22.7. The standard InChI is InChI=1S/C20H26O9S/c1-14-8-10-15(11-9-14)30(24,25)29-12-6-5-7-16(19(22)27-3)17(20(23)28-4)13-18(21)26-2/h8-11H,5-7,12-13H2,1-4H3/b17-16-. The maximum Gasteiger partial charge on any atom is 0.334 e. The van der Waals surface area contributed by atoms with Crippen LogP contribution in [0.3, 0.4) is 0 Å². The number of benzene rings is 1. The van der Waals surface area contributed by atoms with Crippen molar-refractivity contribution in [3.8, 4) is 0 Å². The van der Waals surface area contributed by atoms with Crippen LogP contribution in [-0.2, 0) is 42.9 Å². The highest BCUT2D eigenvalue weighted by molar-refractivity contribution is 7.86. The molecule has 166 valence electrons. The van der Waals surface area contributed by atoms with Crippen molar-refractivity contribution in [2.45, 2.75) is 37.5 Å². The van der Waals surface area contributed by atoms with Gasteiger partial charge < -0.3 is 14.2 Å². The molecule has 1 rings (SSSR count). The highest BCUT2D eigenvalue weighted by Crippen LogP contribution is 2.20. The molecule has 0 heterocycles. The van der Waals surface area contributed by atoms with Crippen LogP contribution in [-0.4, -0.2) is 54.3 Å². The molecule has 10 heteroatoms. The molecule has 0 saturated carbocycles. The van der Waals surface area contributed by atoms with Gasteiger partial charge in [0.05, 0.1) is 44.8 Å². The summed E-state index contributed by atoms with van der Waals surface area (Å²) in [6.45, 7) is 1.72. The minimum Gasteiger partial charge on any atom is -0.469 e. The van der Waals surface area contributed by atoms with E-state index in [1.54, 1.807) is 12.1 Å². The maximum atomic E-state index is 12.2. The zero-order valence-electron chi connectivity index (χ0n) is 17.4. The number of hydrogen-bond acceptors (Lipinski definition) is 9. The van der Waals surface area contributed by atoms with Crippen LogP contribution in [0.5, 0.6) is 0 Å². The molecule has 0 atom stereocenters. The molecule has 1 aromatic rings. The minimum absolute atomic E-state index is 0.0314. The van der Waals surface area contributed by atoms with Gasteiger partial charge in [0, 0.05) is 5.57 Å². The lowest BCUT2D eigenvalue weighted by atomic mass is 9.99. The first kappa shape index (κ1) is 25.3. The fourth-order valence-electron chi connectivity index (χ4n) is 2.49. The van der Waals surface area contributed by atoms with Crippen LogP contribution in [0.25, 0.3) is 0 Å². The lowest BCUT2D eigenvalue weighted by molar-refractivity contribution is -0.143. The Hall–Kier alpha value is -2.72. The Morgan fingerprint density at radius 2 is 1.40 bits per heavy atom. The number of rotatable bonds is 11. The van der Waals surface area contributed by atoms with Gasteiger partial charge >= 0.3 is 17.9 Å². The average Bonchev–Trinajstić information content (AvgIpc) is 2.73. The predicted molar refractivity (Wildman–Crippen MR) is 106 cm³/mol. The number of esters is 3. The summed E-state index contributed by atoms with van der Waals surface area (Å²) in [4.78, 5) is 35.8. The Bertz CT molecular complexity index is 883. The summed E-state index contributed by atoms with van der Waals surface area (Å²) in [5.74, 6) is -2.35. The number of carbonyl (C=O) groups excluding carboxylic acids is 3. The molecule has 0 saturated heterocycles. The summed E-state index contributed by atoms with van der Waals surface area (Å²) in [5.41, 5.74) is 0.727. The topological polar surface area (TPSA) is 122 Å². The van der Waals surface area contributed by atoms with Crippen molar-refractivity contribution in [1.82, 2.24) is 0 Å². The Morgan fingerprint density at radius 3 is 1.93 bits per heavy atom. The molecule has 0 N–H and O–H groups in total. The third kappa shape index (κ3) is 7.60. The molecule has 0 unspecified atom stereocenters. The van der Waals surface area contributed by atoms with E-state index in [2.05, 4.69) is 9.47 Å². The van der Waals surface area contributed by atoms with Crippen LogP contribution >= 0.6 is 0 Å². The third-order valence-electron chi connectivity index (χ3n) is 4.15. The maximum absolute atomic E-state index is 12.2. The van der Waals surface area contributed by atoms with Gasteiger partial charge in [0.25, 0.3) is 10.1 Å². The lowest BCUT2D eigenvalue weighted by Crippen LogP contribution is -2.18. The Kier molecular flexibility index (Phi) is 10.2. The van der Waals surface area contributed by atoms with Gasteiger partial charge in [0.2, 0.25) is 0 Å². The predicted octanol–water partition coefficient (Wildman–Crippen LogP) is 2.08. The van der Waals surface area contributed by atoms with Crippen molar-refractivity contribution in [3.63, 3.8) is 0 Å². The second-order valence-corrected chi connectivity index (χ2v) is 7.85. The normalized spacial score (nSPS) is 12.0. The van der Waals surface area contributed by atoms with Gasteiger partial charge in [-0.3, -0.25) is 8.98 Å². The number of unbranched alkanes of at least 4 members (excludes halogenated alkanes) is 1. The second-order valence-electron chi connectivity index (χ2n) is 6.24. The number of methoxy groups -OCH3 is 3. The van der Waals surface area contributed by atoms with E-state index in [9.17, 15) is 22.8 Å². The summed E-state index contributed by atoms with van der Waals surface area (Å²) in [6, 6.07) is 6.25. The Morgan fingerprint density at radius 1 is 0.833 bits per heavy atom. The summed E-state index contributed by atoms with van der Waals surface area (Å²) in [7, 11) is -0.468. The molecule has 0 aliphatic heterocycles. The van der Waals surface area contributed by atoms with Crippen molar-refractivity contribution >= 4 is 28.0 Å². The summed E-state index contributed by atoms with van der Waals surface area (Å²) in [5, 5.41) is 0. The van der Waals surface area contributed by atoms with Crippen molar-refractivity contribution in [2.75, 3.05) is 27.9 Å². The van der Waals surface area contributed by atoms with E-state index in [4.69, 9.17) is 8.92 Å². The molecule has 0 aliphatic carbocycles. The number of hydrogen-bond donors (Lipinski definition) is 0. The molecule has 30 heavy (non-hydrogen) atoms. The number of ether oxygens (including phenoxy) is 3. The van der Waals surface area contributed by atoms with E-state index in [0.29, 0.717) is 6.42 Å². The van der Waals surface area contributed by atoms with E-state index in [0.717, 1.165) is 26.9 Å². The van der Waals surface area contributed by atoms with Crippen LogP contribution < -0.4 is 0 Å². The van der Waals surface area contributed by atoms with Gasteiger partial charge in [0.15, 0.2) is 0 Å². The van der Waals surface area contributed by atoms with Crippen LogP contribution in [0.15, 0.2) is 40.3 Å². The van der Waals surface area contributed by atoms with E-state index < -0.39 is 34.4 Å². The SMILES string of the molecule is COC(=O)C/C(C(=O)OC)=C(\CCCCOS(=O)(=O)c1ccc(C)cc1)C(=O)OC. The second kappa shape index (κ2) is 12.1. The van der Waals surface area contributed by atoms with Gasteiger partial charge in [0.1, 0.15) is 0 Å². The van der Waals surface area contributed by atoms with Crippen molar-refractivity contribution in [1.29, 1.82) is 0 Å². The lowest BCUT2D eigenvalue weighted by Gasteiger charge is -2.12. The minimum atomic E-state index is -3.89. The van der Waals surface area contributed by atoms with E-state index in [1.165, 1.54) is 12.1 Å². The fourth-order valence-corrected chi connectivity index (χ4v) is 3.43. The fraction of sp³-hybridized carbons (Fsp3) is 0.450. The molecule has 9 nitrogen and oxygen atoms in total. The van der Waals surface area contributed by atoms with E-state index >= 15 is 0 Å². The molecule has 0 aliphatic rings. The van der Waals surface area contributed by atoms with E-state index in [-0.39, 0.29) is 35.5 Å². The summed E-state index contributed by atoms with van der Waals surface area (Å²) >= 11 is 0. The summed E-state index contributed by atoms with van der Waals surface area (Å²) in [6.07, 6.45) is 0.182. The quantitative estimate of drug-likeness (QED) is 0.167. The highest BCUT2D eigenvalue weighted by Gasteiger charge is 2.25. The number of carbonyl (C=O) groups is 3. The summed E-state index contributed by atoms with van der Waals surface area (Å²) < 4.78 is 43.2. The van der Waals surface area contributed by atoms with Gasteiger partial charge in [-0.15, -0.1) is 0 Å². The highest BCUT2D eigenvalue weighted by atomic mass is 32.2. The van der Waals surface area contributed by atoms with Crippen LogP contribution in [0, 0.1) is 6.92 Å². The molecule has 0 fully saturated rings. The molecule has 0 aromatic heterocycles. The van der Waals surface area contributed by atoms with Gasteiger partial charge in [-0.1, -0.05) is 17.7 Å². The van der Waals surface area contributed by atoms with Crippen molar-refractivity contribution < 1.29 is 41.2 Å². The molecular formula is C20H26O9S. The zero-order valence-corrected chi connectivity index (χ0v) is 18.2. The Balaban J connectivity index is 2.80. The van der Waals surface area contributed by atoms with Crippen molar-refractivity contribution in [2.24, 2.45) is 0 Å². The molecule has 0 amide bonds. The van der Waals surface area contributed by atoms with Gasteiger partial charge in [-0.05, 0) is 38.3 Å². The van der Waals surface area contributed by atoms with Crippen LogP contribution in [0.2, 0.25) is 0 Å². The smallest absolute Gasteiger partial charge is 0.334 e. The van der Waals surface area contributed by atoms with Crippen LogP contribution in [0.1, 0.15) is 31.2 Å². The van der Waals surface area contributed by atoms with E-state index in [1.807, 2.05) is 6.92 Å². The average molecular weight is 442 g/mol. The molecule has 0 bridgehead atoms. The first-order valence-electron chi connectivity index (χ1n) is 9.07. The largest absolute Gasteiger partial charge is 0.469 e. The molecule has 0 spiro atoms. The molecule has 1 aromatic carbocycles. The molecular weight excluding hydrogens is 416 g/mol. The van der Waals surface area contributed by atoms with Crippen LogP contribution in [0.4, 0.5) is 0 Å². The monoisotopic (exact) mass is 442 g/mol. The third-order valence-corrected chi connectivity index (χ3v) is 5.47. The van der Waals surface area contributed by atoms with Gasteiger partial charge in [-0.25, -0.2) is 9.59 Å². The number of aryl methyl sites for hydroxylation is 1. The first-order valence-corrected chi connectivity index (χ1v) is 10.5. The Labute approximate surface area is 176 Å².